The van der Waals surface area contributed by atoms with Crippen LogP contribution in [0.3, 0.4) is 0 Å². The monoisotopic (exact) mass is 276 g/mol. The zero-order chi connectivity index (χ0) is 13.8. The summed E-state index contributed by atoms with van der Waals surface area (Å²) in [7, 11) is 1.87. The molecule has 1 aliphatic rings. The SMILES string of the molecule is Cc1cc(SCC(=O)N(C)C2=CCCC2)ccc1N. The van der Waals surface area contributed by atoms with Gasteiger partial charge in [0.15, 0.2) is 0 Å². The number of thioether (sulfide) groups is 1. The first-order valence-corrected chi connectivity index (χ1v) is 7.51. The van der Waals surface area contributed by atoms with Crippen LogP contribution in [0.1, 0.15) is 24.8 Å². The molecule has 0 unspecified atom stereocenters. The minimum Gasteiger partial charge on any atom is -0.399 e. The maximum Gasteiger partial charge on any atom is 0.236 e. The largest absolute Gasteiger partial charge is 0.399 e. The second kappa shape index (κ2) is 6.15. The van der Waals surface area contributed by atoms with Crippen molar-refractivity contribution in [3.63, 3.8) is 0 Å². The Labute approximate surface area is 118 Å². The quantitative estimate of drug-likeness (QED) is 0.678. The molecule has 1 aromatic carbocycles. The predicted molar refractivity (Wildman–Crippen MR) is 81.0 cm³/mol. The maximum atomic E-state index is 12.1. The molecule has 19 heavy (non-hydrogen) atoms. The Balaban J connectivity index is 1.90. The number of allylic oxidation sites excluding steroid dienone is 2. The molecule has 2 N–H and O–H groups in total. The number of benzene rings is 1. The molecule has 0 heterocycles. The molecular weight excluding hydrogens is 256 g/mol. The summed E-state index contributed by atoms with van der Waals surface area (Å²) in [5.41, 5.74) is 8.80. The molecule has 4 heteroatoms. The fourth-order valence-corrected chi connectivity index (χ4v) is 3.01. The first-order chi connectivity index (χ1) is 9.08. The zero-order valence-electron chi connectivity index (χ0n) is 11.5. The number of amides is 1. The highest BCUT2D eigenvalue weighted by Gasteiger charge is 2.16. The normalized spacial score (nSPS) is 14.3. The topological polar surface area (TPSA) is 46.3 Å². The molecule has 0 aromatic heterocycles. The van der Waals surface area contributed by atoms with Crippen molar-refractivity contribution in [2.45, 2.75) is 31.1 Å². The average Bonchev–Trinajstić information content (AvgIpc) is 2.93. The van der Waals surface area contributed by atoms with Crippen molar-refractivity contribution in [1.82, 2.24) is 4.90 Å². The Morgan fingerprint density at radius 3 is 2.89 bits per heavy atom. The first-order valence-electron chi connectivity index (χ1n) is 6.52. The molecule has 0 spiro atoms. The molecule has 0 aliphatic heterocycles. The van der Waals surface area contributed by atoms with Crippen molar-refractivity contribution in [3.05, 3.63) is 35.5 Å². The summed E-state index contributed by atoms with van der Waals surface area (Å²) in [6.07, 6.45) is 5.44. The number of nitrogens with two attached hydrogens (primary N) is 1. The van der Waals surface area contributed by atoms with E-state index in [1.807, 2.05) is 32.2 Å². The Morgan fingerprint density at radius 2 is 2.26 bits per heavy atom. The fraction of sp³-hybridized carbons (Fsp3) is 0.400. The number of carbonyl (C=O) groups is 1. The van der Waals surface area contributed by atoms with E-state index in [-0.39, 0.29) is 5.91 Å². The van der Waals surface area contributed by atoms with Gasteiger partial charge < -0.3 is 10.6 Å². The lowest BCUT2D eigenvalue weighted by molar-refractivity contribution is -0.125. The molecule has 0 fully saturated rings. The summed E-state index contributed by atoms with van der Waals surface area (Å²) in [5.74, 6) is 0.629. The van der Waals surface area contributed by atoms with Crippen LogP contribution in [-0.4, -0.2) is 23.6 Å². The number of aryl methyl sites for hydroxylation is 1. The highest BCUT2D eigenvalue weighted by Crippen LogP contribution is 2.25. The van der Waals surface area contributed by atoms with Crippen molar-refractivity contribution < 1.29 is 4.79 Å². The van der Waals surface area contributed by atoms with Crippen molar-refractivity contribution in [2.24, 2.45) is 0 Å². The number of hydrogen-bond donors (Lipinski definition) is 1. The van der Waals surface area contributed by atoms with Crippen LogP contribution in [-0.2, 0) is 4.79 Å². The number of nitrogens with zero attached hydrogens (tertiary/aromatic N) is 1. The van der Waals surface area contributed by atoms with E-state index in [1.54, 1.807) is 16.7 Å². The van der Waals surface area contributed by atoms with Crippen molar-refractivity contribution in [3.8, 4) is 0 Å². The molecule has 0 saturated heterocycles. The third-order valence-corrected chi connectivity index (χ3v) is 4.40. The van der Waals surface area contributed by atoms with Gasteiger partial charge in [-0.05, 0) is 49.9 Å². The van der Waals surface area contributed by atoms with Crippen LogP contribution in [0.15, 0.2) is 34.9 Å². The maximum absolute atomic E-state index is 12.1. The van der Waals surface area contributed by atoms with Gasteiger partial charge in [0.05, 0.1) is 5.75 Å². The molecule has 1 aliphatic carbocycles. The van der Waals surface area contributed by atoms with Crippen molar-refractivity contribution in [1.29, 1.82) is 0 Å². The second-order valence-electron chi connectivity index (χ2n) is 4.85. The van der Waals surface area contributed by atoms with Crippen LogP contribution in [0.2, 0.25) is 0 Å². The summed E-state index contributed by atoms with van der Waals surface area (Å²) in [4.78, 5) is 15.0. The van der Waals surface area contributed by atoms with E-state index >= 15 is 0 Å². The number of anilines is 1. The molecule has 0 radical (unpaired) electrons. The Bertz CT molecular complexity index is 511. The lowest BCUT2D eigenvalue weighted by atomic mass is 10.2. The van der Waals surface area contributed by atoms with Gasteiger partial charge in [-0.15, -0.1) is 11.8 Å². The Kier molecular flexibility index (Phi) is 4.53. The standard InChI is InChI=1S/C15H20N2OS/c1-11-9-13(7-8-14(11)16)19-10-15(18)17(2)12-5-3-4-6-12/h5,7-9H,3-4,6,10,16H2,1-2H3. The van der Waals surface area contributed by atoms with Crippen LogP contribution in [0.5, 0.6) is 0 Å². The Hall–Kier alpha value is -1.42. The van der Waals surface area contributed by atoms with Gasteiger partial charge in [0.25, 0.3) is 0 Å². The van der Waals surface area contributed by atoms with Crippen LogP contribution < -0.4 is 5.73 Å². The van der Waals surface area contributed by atoms with E-state index in [0.717, 1.165) is 35.4 Å². The molecule has 0 saturated carbocycles. The average molecular weight is 276 g/mol. The lowest BCUT2D eigenvalue weighted by Gasteiger charge is -2.18. The third kappa shape index (κ3) is 3.53. The van der Waals surface area contributed by atoms with Crippen LogP contribution >= 0.6 is 11.8 Å². The summed E-state index contributed by atoms with van der Waals surface area (Å²) in [6.45, 7) is 1.98. The van der Waals surface area contributed by atoms with Gasteiger partial charge in [0.2, 0.25) is 5.91 Å². The Morgan fingerprint density at radius 1 is 1.47 bits per heavy atom. The molecule has 1 amide bonds. The minimum absolute atomic E-state index is 0.160. The van der Waals surface area contributed by atoms with Gasteiger partial charge in [-0.3, -0.25) is 4.79 Å². The number of rotatable bonds is 4. The van der Waals surface area contributed by atoms with E-state index in [0.29, 0.717) is 5.75 Å². The van der Waals surface area contributed by atoms with E-state index in [4.69, 9.17) is 5.73 Å². The fourth-order valence-electron chi connectivity index (χ4n) is 2.10. The number of hydrogen-bond acceptors (Lipinski definition) is 3. The van der Waals surface area contributed by atoms with E-state index in [2.05, 4.69) is 6.08 Å². The van der Waals surface area contributed by atoms with Crippen molar-refractivity contribution >= 4 is 23.4 Å². The zero-order valence-corrected chi connectivity index (χ0v) is 12.3. The van der Waals surface area contributed by atoms with Gasteiger partial charge >= 0.3 is 0 Å². The van der Waals surface area contributed by atoms with E-state index in [1.165, 1.54) is 5.70 Å². The lowest BCUT2D eigenvalue weighted by Crippen LogP contribution is -2.26. The molecule has 102 valence electrons. The van der Waals surface area contributed by atoms with Crippen LogP contribution in [0.4, 0.5) is 5.69 Å². The predicted octanol–water partition coefficient (Wildman–Crippen LogP) is 3.20. The first kappa shape index (κ1) is 14.0. The van der Waals surface area contributed by atoms with Gasteiger partial charge in [0.1, 0.15) is 0 Å². The molecular formula is C15H20N2OS. The number of carbonyl (C=O) groups excluding carboxylic acids is 1. The third-order valence-electron chi connectivity index (χ3n) is 3.43. The van der Waals surface area contributed by atoms with Crippen molar-refractivity contribution in [2.75, 3.05) is 18.5 Å². The second-order valence-corrected chi connectivity index (χ2v) is 5.90. The number of nitrogen functional groups attached to an aromatic ring is 1. The highest BCUT2D eigenvalue weighted by atomic mass is 32.2. The summed E-state index contributed by atoms with van der Waals surface area (Å²) in [6, 6.07) is 5.89. The van der Waals surface area contributed by atoms with Crippen LogP contribution in [0, 0.1) is 6.92 Å². The van der Waals surface area contributed by atoms with Gasteiger partial charge in [-0.2, -0.15) is 0 Å². The van der Waals surface area contributed by atoms with E-state index in [9.17, 15) is 4.79 Å². The smallest absolute Gasteiger partial charge is 0.236 e. The summed E-state index contributed by atoms with van der Waals surface area (Å²) >= 11 is 1.56. The molecule has 0 bridgehead atoms. The molecule has 0 atom stereocenters. The molecule has 2 rings (SSSR count). The van der Waals surface area contributed by atoms with E-state index < -0.39 is 0 Å². The van der Waals surface area contributed by atoms with Gasteiger partial charge in [-0.1, -0.05) is 6.08 Å². The summed E-state index contributed by atoms with van der Waals surface area (Å²) < 4.78 is 0. The molecule has 3 nitrogen and oxygen atoms in total. The van der Waals surface area contributed by atoms with Gasteiger partial charge in [-0.25, -0.2) is 0 Å². The summed E-state index contributed by atoms with van der Waals surface area (Å²) in [5, 5.41) is 0. The van der Waals surface area contributed by atoms with Gasteiger partial charge in [0, 0.05) is 23.3 Å². The van der Waals surface area contributed by atoms with Crippen LogP contribution in [0.25, 0.3) is 0 Å². The molecule has 1 aromatic rings. The highest BCUT2D eigenvalue weighted by molar-refractivity contribution is 8.00. The minimum atomic E-state index is 0.160.